The van der Waals surface area contributed by atoms with E-state index in [0.717, 1.165) is 103 Å². The number of unbranched alkanes of at least 4 members (excludes halogenated alkanes) is 27. The van der Waals surface area contributed by atoms with E-state index in [2.05, 4.69) is 123 Å². The monoisotopic (exact) mass is 1150 g/mol. The van der Waals surface area contributed by atoms with Crippen molar-refractivity contribution >= 4 is 19.7 Å². The largest absolute Gasteiger partial charge is 0.472 e. The summed E-state index contributed by atoms with van der Waals surface area (Å²) in [5.41, 5.74) is 0. The predicted octanol–water partition coefficient (Wildman–Crippen LogP) is 20.9. The molecule has 0 aromatic carbocycles. The Morgan fingerprint density at radius 1 is 0.444 bits per heavy atom. The highest BCUT2D eigenvalue weighted by molar-refractivity contribution is 7.47. The van der Waals surface area contributed by atoms with Crippen LogP contribution in [0.25, 0.3) is 0 Å². The van der Waals surface area contributed by atoms with Gasteiger partial charge < -0.3 is 19.4 Å². The van der Waals surface area contributed by atoms with E-state index in [1.54, 1.807) is 0 Å². The van der Waals surface area contributed by atoms with Crippen molar-refractivity contribution < 1.29 is 37.3 Å². The van der Waals surface area contributed by atoms with Gasteiger partial charge >= 0.3 is 13.8 Å². The number of amides is 1. The van der Waals surface area contributed by atoms with E-state index >= 15 is 0 Å². The number of nitrogens with zero attached hydrogens (tertiary/aromatic N) is 1. The van der Waals surface area contributed by atoms with Gasteiger partial charge in [-0.2, -0.15) is 0 Å². The molecule has 10 heteroatoms. The van der Waals surface area contributed by atoms with E-state index in [9.17, 15) is 19.0 Å². The van der Waals surface area contributed by atoms with E-state index in [1.807, 2.05) is 33.3 Å². The van der Waals surface area contributed by atoms with Crippen LogP contribution >= 0.6 is 7.82 Å². The molecule has 3 atom stereocenters. The zero-order chi connectivity index (χ0) is 59.3. The van der Waals surface area contributed by atoms with Crippen molar-refractivity contribution in [3.05, 3.63) is 109 Å². The number of rotatable bonds is 59. The van der Waals surface area contributed by atoms with Gasteiger partial charge in [-0.05, 0) is 115 Å². The molecule has 0 saturated carbocycles. The molecule has 0 saturated heterocycles. The average molecular weight is 1150 g/mol. The summed E-state index contributed by atoms with van der Waals surface area (Å²) in [7, 11) is 1.46. The molecule has 0 aliphatic heterocycles. The number of carbonyl (C=O) groups is 2. The quantitative estimate of drug-likeness (QED) is 0.0205. The second kappa shape index (κ2) is 59.8. The van der Waals surface area contributed by atoms with Gasteiger partial charge in [0.25, 0.3) is 0 Å². The van der Waals surface area contributed by atoms with Gasteiger partial charge in [0.15, 0.2) is 0 Å². The molecular formula is C71H126N2O7P+. The summed E-state index contributed by atoms with van der Waals surface area (Å²) in [6, 6.07) is -0.873. The molecule has 0 aromatic rings. The molecule has 1 amide bonds. The van der Waals surface area contributed by atoms with Crippen LogP contribution in [0.4, 0.5) is 0 Å². The standard InChI is InChI=1S/C71H125N2O7P/c1-7-10-13-16-19-22-25-27-29-31-33-34-35-36-37-38-40-42-44-46-49-52-55-58-61-64-71(75)80-69(62-59-56-53-50-47-24-21-18-15-12-9-3)68(67-79-81(76,77)78-66-65-73(4,5)6)72-70(74)63-60-57-54-51-48-45-43-41-39-32-30-28-26-23-20-17-14-11-8-2/h11,14,19-20,22-23,27-30,33-34,39,41,45,48,59,62,68-69H,7-10,12-13,15-18,21,24-26,31-32,35-38,40,42-44,46-47,49-58,60-61,63-67H2,1-6H3,(H-,72,74,76,77)/p+1/b14-11-,22-19-,23-20-,29-27-,30-28-,34-33-,41-39-,48-45-,62-59-. The number of nitrogens with one attached hydrogen (secondary N) is 1. The number of quaternary nitrogens is 1. The van der Waals surface area contributed by atoms with Gasteiger partial charge in [0.05, 0.1) is 33.8 Å². The summed E-state index contributed by atoms with van der Waals surface area (Å²) in [5, 5.41) is 3.04. The third-order valence-electron chi connectivity index (χ3n) is 14.2. The fraction of sp³-hybridized carbons (Fsp3) is 0.718. The van der Waals surface area contributed by atoms with Crippen molar-refractivity contribution in [2.24, 2.45) is 0 Å². The summed E-state index contributed by atoms with van der Waals surface area (Å²) in [6.07, 6.45) is 82.4. The third-order valence-corrected chi connectivity index (χ3v) is 15.2. The van der Waals surface area contributed by atoms with Crippen LogP contribution < -0.4 is 5.32 Å². The Hall–Kier alpha value is -3.33. The highest BCUT2D eigenvalue weighted by atomic mass is 31.2. The smallest absolute Gasteiger partial charge is 0.456 e. The second-order valence-electron chi connectivity index (χ2n) is 23.3. The fourth-order valence-corrected chi connectivity index (χ4v) is 9.83. The Morgan fingerprint density at radius 3 is 1.22 bits per heavy atom. The number of phosphoric acid groups is 1. The van der Waals surface area contributed by atoms with E-state index in [0.29, 0.717) is 17.4 Å². The van der Waals surface area contributed by atoms with Gasteiger partial charge in [-0.15, -0.1) is 0 Å². The number of hydrogen-bond donors (Lipinski definition) is 2. The highest BCUT2D eigenvalue weighted by Gasteiger charge is 2.30. The molecule has 0 heterocycles. The molecule has 2 N–H and O–H groups in total. The number of likely N-dealkylation sites (N-methyl/N-ethyl adjacent to an activating group) is 1. The van der Waals surface area contributed by atoms with E-state index in [1.165, 1.54) is 135 Å². The summed E-state index contributed by atoms with van der Waals surface area (Å²) in [4.78, 5) is 37.8. The molecule has 0 spiro atoms. The molecule has 0 aliphatic carbocycles. The van der Waals surface area contributed by atoms with Gasteiger partial charge in [0.1, 0.15) is 19.3 Å². The minimum atomic E-state index is -4.47. The minimum absolute atomic E-state index is 0.0283. The number of hydrogen-bond acceptors (Lipinski definition) is 6. The molecule has 466 valence electrons. The first-order valence-corrected chi connectivity index (χ1v) is 34.7. The van der Waals surface area contributed by atoms with Gasteiger partial charge in [0.2, 0.25) is 5.91 Å². The van der Waals surface area contributed by atoms with Crippen molar-refractivity contribution in [1.82, 2.24) is 5.32 Å². The molecule has 0 rings (SSSR count). The number of carbonyl (C=O) groups excluding carboxylic acids is 2. The van der Waals surface area contributed by atoms with Gasteiger partial charge in [-0.1, -0.05) is 259 Å². The third kappa shape index (κ3) is 61.1. The van der Waals surface area contributed by atoms with E-state index in [-0.39, 0.29) is 37.9 Å². The molecule has 0 aliphatic rings. The van der Waals surface area contributed by atoms with Gasteiger partial charge in [0, 0.05) is 12.8 Å². The van der Waals surface area contributed by atoms with Crippen LogP contribution in [0.5, 0.6) is 0 Å². The van der Waals surface area contributed by atoms with Crippen molar-refractivity contribution in [3.8, 4) is 0 Å². The number of phosphoric ester groups is 1. The van der Waals surface area contributed by atoms with E-state index in [4.69, 9.17) is 13.8 Å². The van der Waals surface area contributed by atoms with Crippen molar-refractivity contribution in [1.29, 1.82) is 0 Å². The molecule has 9 nitrogen and oxygen atoms in total. The number of esters is 1. The lowest BCUT2D eigenvalue weighted by atomic mass is 10.0. The van der Waals surface area contributed by atoms with E-state index < -0.39 is 20.0 Å². The highest BCUT2D eigenvalue weighted by Crippen LogP contribution is 2.43. The maximum Gasteiger partial charge on any atom is 0.472 e. The topological polar surface area (TPSA) is 111 Å². The van der Waals surface area contributed by atoms with Crippen LogP contribution in [0.15, 0.2) is 109 Å². The maximum atomic E-state index is 13.6. The van der Waals surface area contributed by atoms with Crippen LogP contribution in [0.2, 0.25) is 0 Å². The molecule has 0 radical (unpaired) electrons. The first-order chi connectivity index (χ1) is 39.4. The Morgan fingerprint density at radius 2 is 0.790 bits per heavy atom. The van der Waals surface area contributed by atoms with Gasteiger partial charge in [-0.3, -0.25) is 18.6 Å². The molecule has 81 heavy (non-hydrogen) atoms. The van der Waals surface area contributed by atoms with Crippen LogP contribution in [-0.2, 0) is 27.9 Å². The lowest BCUT2D eigenvalue weighted by Gasteiger charge is -2.27. The SMILES string of the molecule is CC/C=C\C/C=C\C/C=C\C/C=C\C/C=C\CCCCCC(=O)NC(COP(=O)(O)OCC[N+](C)(C)C)C(/C=C\CCCCCCCCCCC)OC(=O)CCCCCCCCCCCCCC/C=C\C/C=C\C/C=C\CCCCC. The Bertz CT molecular complexity index is 1750. The Balaban J connectivity index is 5.15. The molecule has 0 fully saturated rings. The normalized spacial score (nSPS) is 14.3. The van der Waals surface area contributed by atoms with Crippen LogP contribution in [-0.4, -0.2) is 74.3 Å². The summed E-state index contributed by atoms with van der Waals surface area (Å²) < 4.78 is 30.7. The number of ether oxygens (including phenoxy) is 1. The average Bonchev–Trinajstić information content (AvgIpc) is 3.43. The summed E-state index contributed by atoms with van der Waals surface area (Å²) in [5.74, 6) is -0.547. The zero-order valence-corrected chi connectivity index (χ0v) is 54.1. The minimum Gasteiger partial charge on any atom is -0.456 e. The first-order valence-electron chi connectivity index (χ1n) is 33.2. The fourth-order valence-electron chi connectivity index (χ4n) is 9.09. The summed E-state index contributed by atoms with van der Waals surface area (Å²) >= 11 is 0. The lowest BCUT2D eigenvalue weighted by Crippen LogP contribution is -2.47. The van der Waals surface area contributed by atoms with Crippen molar-refractivity contribution in [2.45, 2.75) is 290 Å². The summed E-state index contributed by atoms with van der Waals surface area (Å²) in [6.45, 7) is 6.84. The van der Waals surface area contributed by atoms with Gasteiger partial charge in [-0.25, -0.2) is 4.57 Å². The molecule has 3 unspecified atom stereocenters. The maximum absolute atomic E-state index is 13.6. The van der Waals surface area contributed by atoms with Crippen LogP contribution in [0.3, 0.4) is 0 Å². The molecular weight excluding hydrogens is 1020 g/mol. The lowest BCUT2D eigenvalue weighted by molar-refractivity contribution is -0.870. The predicted molar refractivity (Wildman–Crippen MR) is 350 cm³/mol. The second-order valence-corrected chi connectivity index (χ2v) is 24.7. The van der Waals surface area contributed by atoms with Crippen molar-refractivity contribution in [2.75, 3.05) is 40.9 Å². The van der Waals surface area contributed by atoms with Crippen LogP contribution in [0.1, 0.15) is 278 Å². The Labute approximate surface area is 500 Å². The van der Waals surface area contributed by atoms with Crippen molar-refractivity contribution in [3.63, 3.8) is 0 Å². The zero-order valence-electron chi connectivity index (χ0n) is 53.2. The Kier molecular flexibility index (Phi) is 57.4. The molecule has 0 bridgehead atoms. The molecule has 0 aromatic heterocycles. The first kappa shape index (κ1) is 77.7. The number of allylic oxidation sites excluding steroid dienone is 17. The van der Waals surface area contributed by atoms with Crippen LogP contribution in [0, 0.1) is 0 Å².